The summed E-state index contributed by atoms with van der Waals surface area (Å²) in [5, 5.41) is 3.35. The molecule has 0 amide bonds. The Hall–Kier alpha value is -1.60. The summed E-state index contributed by atoms with van der Waals surface area (Å²) in [5.41, 5.74) is 0.513. The van der Waals surface area contributed by atoms with Crippen LogP contribution in [0.1, 0.15) is 18.5 Å². The van der Waals surface area contributed by atoms with Gasteiger partial charge in [-0.25, -0.2) is 4.98 Å². The molecule has 0 bridgehead atoms. The van der Waals surface area contributed by atoms with Crippen LogP contribution in [0.4, 0.5) is 0 Å². The number of hydrogen-bond acceptors (Lipinski definition) is 4. The highest BCUT2D eigenvalue weighted by Gasteiger charge is 2.13. The average Bonchev–Trinajstić information content (AvgIpc) is 2.38. The van der Waals surface area contributed by atoms with E-state index in [1.165, 1.54) is 12.8 Å². The molecule has 2 heterocycles. The smallest absolute Gasteiger partial charge is 0.233 e. The molecule has 4 nitrogen and oxygen atoms in total. The van der Waals surface area contributed by atoms with Crippen LogP contribution < -0.4 is 10.1 Å². The molecule has 0 radical (unpaired) electrons. The molecule has 0 aromatic carbocycles. The number of piperidine rings is 1. The maximum atomic E-state index is 5.58. The molecule has 1 saturated heterocycles. The van der Waals surface area contributed by atoms with E-state index in [0.29, 0.717) is 24.1 Å². The minimum atomic E-state index is 0.513. The van der Waals surface area contributed by atoms with Gasteiger partial charge in [0.15, 0.2) is 0 Å². The van der Waals surface area contributed by atoms with Crippen LogP contribution in [0.25, 0.3) is 0 Å². The molecule has 1 atom stereocenters. The highest BCUT2D eigenvalue weighted by Crippen LogP contribution is 2.12. The molecule has 0 aliphatic carbocycles. The normalized spacial score (nSPS) is 20.1. The zero-order valence-electron chi connectivity index (χ0n) is 9.15. The lowest BCUT2D eigenvalue weighted by Crippen LogP contribution is -2.33. The van der Waals surface area contributed by atoms with E-state index in [1.54, 1.807) is 12.4 Å². The van der Waals surface area contributed by atoms with Crippen LogP contribution in [0.15, 0.2) is 12.4 Å². The lowest BCUT2D eigenvalue weighted by atomic mass is 10.0. The SMILES string of the molecule is C#Cc1cncc(OCC2CCCNC2)n1. The summed E-state index contributed by atoms with van der Waals surface area (Å²) in [5.74, 6) is 3.51. The second-order valence-corrected chi connectivity index (χ2v) is 3.91. The second-order valence-electron chi connectivity index (χ2n) is 3.91. The third-order valence-electron chi connectivity index (χ3n) is 2.63. The van der Waals surface area contributed by atoms with Crippen LogP contribution in [-0.4, -0.2) is 29.7 Å². The molecule has 0 spiro atoms. The number of aromatic nitrogens is 2. The largest absolute Gasteiger partial charge is 0.476 e. The van der Waals surface area contributed by atoms with Gasteiger partial charge in [0.1, 0.15) is 5.69 Å². The first kappa shape index (κ1) is 10.9. The first-order valence-electron chi connectivity index (χ1n) is 5.50. The lowest BCUT2D eigenvalue weighted by molar-refractivity contribution is 0.211. The maximum Gasteiger partial charge on any atom is 0.233 e. The number of hydrogen-bond donors (Lipinski definition) is 1. The fraction of sp³-hybridized carbons (Fsp3) is 0.500. The zero-order valence-corrected chi connectivity index (χ0v) is 9.15. The van der Waals surface area contributed by atoms with E-state index >= 15 is 0 Å². The number of nitrogens with zero attached hydrogens (tertiary/aromatic N) is 2. The first-order valence-corrected chi connectivity index (χ1v) is 5.50. The minimum absolute atomic E-state index is 0.513. The molecule has 1 unspecified atom stereocenters. The molecular formula is C12H15N3O. The van der Waals surface area contributed by atoms with Crippen LogP contribution in [0, 0.1) is 18.3 Å². The fourth-order valence-electron chi connectivity index (χ4n) is 1.76. The van der Waals surface area contributed by atoms with E-state index in [4.69, 9.17) is 11.2 Å². The molecule has 1 aromatic rings. The van der Waals surface area contributed by atoms with E-state index in [0.717, 1.165) is 13.1 Å². The van der Waals surface area contributed by atoms with Crippen LogP contribution in [0.2, 0.25) is 0 Å². The number of nitrogens with one attached hydrogen (secondary N) is 1. The summed E-state index contributed by atoms with van der Waals surface area (Å²) in [6, 6.07) is 0. The van der Waals surface area contributed by atoms with Crippen molar-refractivity contribution in [3.63, 3.8) is 0 Å². The van der Waals surface area contributed by atoms with Gasteiger partial charge < -0.3 is 10.1 Å². The van der Waals surface area contributed by atoms with Crippen molar-refractivity contribution in [3.8, 4) is 18.2 Å². The summed E-state index contributed by atoms with van der Waals surface area (Å²) < 4.78 is 5.58. The van der Waals surface area contributed by atoms with Crippen molar-refractivity contribution in [2.45, 2.75) is 12.8 Å². The number of rotatable bonds is 3. The Labute approximate surface area is 95.4 Å². The van der Waals surface area contributed by atoms with E-state index in [2.05, 4.69) is 21.2 Å². The monoisotopic (exact) mass is 217 g/mol. The van der Waals surface area contributed by atoms with Crippen molar-refractivity contribution in [2.75, 3.05) is 19.7 Å². The molecule has 1 aromatic heterocycles. The van der Waals surface area contributed by atoms with Gasteiger partial charge in [-0.3, -0.25) is 4.98 Å². The molecule has 16 heavy (non-hydrogen) atoms. The van der Waals surface area contributed by atoms with E-state index < -0.39 is 0 Å². The predicted octanol–water partition coefficient (Wildman–Crippen LogP) is 0.836. The molecule has 84 valence electrons. The van der Waals surface area contributed by atoms with Crippen molar-refractivity contribution < 1.29 is 4.74 Å². The van der Waals surface area contributed by atoms with Crippen LogP contribution in [0.5, 0.6) is 5.88 Å². The zero-order chi connectivity index (χ0) is 11.2. The van der Waals surface area contributed by atoms with Gasteiger partial charge in [-0.05, 0) is 25.3 Å². The molecule has 1 aliphatic rings. The Morgan fingerprint density at radius 2 is 2.50 bits per heavy atom. The number of ether oxygens (including phenoxy) is 1. The highest BCUT2D eigenvalue weighted by molar-refractivity contribution is 5.23. The van der Waals surface area contributed by atoms with Gasteiger partial charge in [0, 0.05) is 12.5 Å². The van der Waals surface area contributed by atoms with Crippen molar-refractivity contribution >= 4 is 0 Å². The van der Waals surface area contributed by atoms with E-state index in [-0.39, 0.29) is 0 Å². The highest BCUT2D eigenvalue weighted by atomic mass is 16.5. The van der Waals surface area contributed by atoms with Crippen molar-refractivity contribution in [2.24, 2.45) is 5.92 Å². The van der Waals surface area contributed by atoms with E-state index in [9.17, 15) is 0 Å². The summed E-state index contributed by atoms with van der Waals surface area (Å²) >= 11 is 0. The quantitative estimate of drug-likeness (QED) is 0.762. The molecule has 4 heteroatoms. The van der Waals surface area contributed by atoms with Gasteiger partial charge >= 0.3 is 0 Å². The first-order chi connectivity index (χ1) is 7.88. The topological polar surface area (TPSA) is 47.0 Å². The number of terminal acetylenes is 1. The Morgan fingerprint density at radius 1 is 1.56 bits per heavy atom. The summed E-state index contributed by atoms with van der Waals surface area (Å²) in [7, 11) is 0. The van der Waals surface area contributed by atoms with Gasteiger partial charge in [-0.15, -0.1) is 6.42 Å². The van der Waals surface area contributed by atoms with Crippen LogP contribution in [0.3, 0.4) is 0 Å². The standard InChI is InChI=1S/C12H15N3O/c1-2-11-7-14-8-12(15-11)16-9-10-4-3-5-13-6-10/h1,7-8,10,13H,3-6,9H2. The summed E-state index contributed by atoms with van der Waals surface area (Å²) in [6.07, 6.45) is 10.8. The molecule has 0 saturated carbocycles. The summed E-state index contributed by atoms with van der Waals surface area (Å²) in [6.45, 7) is 2.81. The van der Waals surface area contributed by atoms with E-state index in [1.807, 2.05) is 0 Å². The van der Waals surface area contributed by atoms with Crippen LogP contribution in [-0.2, 0) is 0 Å². The van der Waals surface area contributed by atoms with Crippen LogP contribution >= 0.6 is 0 Å². The molecule has 2 rings (SSSR count). The molecule has 1 aliphatic heterocycles. The fourth-order valence-corrected chi connectivity index (χ4v) is 1.76. The lowest BCUT2D eigenvalue weighted by Gasteiger charge is -2.22. The van der Waals surface area contributed by atoms with Gasteiger partial charge in [-0.1, -0.05) is 0 Å². The average molecular weight is 217 g/mol. The van der Waals surface area contributed by atoms with Gasteiger partial charge in [0.05, 0.1) is 19.0 Å². The van der Waals surface area contributed by atoms with Crippen molar-refractivity contribution in [3.05, 3.63) is 18.1 Å². The van der Waals surface area contributed by atoms with Gasteiger partial charge in [0.2, 0.25) is 5.88 Å². The third-order valence-corrected chi connectivity index (χ3v) is 2.63. The Bertz CT molecular complexity index is 380. The predicted molar refractivity (Wildman–Crippen MR) is 61.1 cm³/mol. The summed E-state index contributed by atoms with van der Waals surface area (Å²) in [4.78, 5) is 8.11. The molecule has 1 N–H and O–H groups in total. The van der Waals surface area contributed by atoms with Gasteiger partial charge in [0.25, 0.3) is 0 Å². The Morgan fingerprint density at radius 3 is 3.25 bits per heavy atom. The molecular weight excluding hydrogens is 202 g/mol. The van der Waals surface area contributed by atoms with Gasteiger partial charge in [-0.2, -0.15) is 0 Å². The third kappa shape index (κ3) is 2.94. The Kier molecular flexibility index (Phi) is 3.73. The second kappa shape index (κ2) is 5.47. The Balaban J connectivity index is 1.86. The minimum Gasteiger partial charge on any atom is -0.476 e. The maximum absolute atomic E-state index is 5.58. The van der Waals surface area contributed by atoms with Crippen molar-refractivity contribution in [1.82, 2.24) is 15.3 Å². The van der Waals surface area contributed by atoms with Crippen molar-refractivity contribution in [1.29, 1.82) is 0 Å². The molecule has 1 fully saturated rings.